The second kappa shape index (κ2) is 16.4. The van der Waals surface area contributed by atoms with Crippen LogP contribution < -0.4 is 16.6 Å². The number of esters is 2. The highest BCUT2D eigenvalue weighted by Crippen LogP contribution is 2.04. The van der Waals surface area contributed by atoms with Crippen LogP contribution in [0.2, 0.25) is 0 Å². The molecule has 0 aromatic heterocycles. The minimum atomic E-state index is -1.06. The molecule has 13 nitrogen and oxygen atoms in total. The Morgan fingerprint density at radius 2 is 1.43 bits per heavy atom. The summed E-state index contributed by atoms with van der Waals surface area (Å²) in [6.45, 7) is 9.89. The van der Waals surface area contributed by atoms with Gasteiger partial charge >= 0.3 is 17.8 Å². The molecule has 0 aromatic carbocycles. The van der Waals surface area contributed by atoms with E-state index in [1.165, 1.54) is 0 Å². The highest BCUT2D eigenvalue weighted by molar-refractivity contribution is 6.23. The maximum Gasteiger partial charge on any atom is 0.306 e. The average molecular weight is 500 g/mol. The number of hydrazone groups is 2. The van der Waals surface area contributed by atoms with Crippen molar-refractivity contribution < 1.29 is 38.2 Å². The van der Waals surface area contributed by atoms with Crippen molar-refractivity contribution >= 4 is 41.5 Å². The number of carbonyl (C=O) groups excluding carboxylic acids is 5. The van der Waals surface area contributed by atoms with Crippen LogP contribution in [0.3, 0.4) is 0 Å². The number of amides is 2. The van der Waals surface area contributed by atoms with Gasteiger partial charge in [-0.15, -0.1) is 0 Å². The molecule has 0 bridgehead atoms. The van der Waals surface area contributed by atoms with Gasteiger partial charge in [-0.3, -0.25) is 24.0 Å². The van der Waals surface area contributed by atoms with Gasteiger partial charge in [-0.25, -0.2) is 10.9 Å². The molecule has 0 aromatic rings. The molecule has 0 saturated heterocycles. The summed E-state index contributed by atoms with van der Waals surface area (Å²) in [5, 5.41) is 7.57. The fourth-order valence-corrected chi connectivity index (χ4v) is 2.09. The Morgan fingerprint density at radius 1 is 0.886 bits per heavy atom. The van der Waals surface area contributed by atoms with E-state index in [1.807, 2.05) is 5.43 Å². The average Bonchev–Trinajstić information content (AvgIpc) is 2.79. The summed E-state index contributed by atoms with van der Waals surface area (Å²) in [7, 11) is 0. The van der Waals surface area contributed by atoms with Crippen molar-refractivity contribution in [3.05, 3.63) is 0 Å². The van der Waals surface area contributed by atoms with Crippen LogP contribution in [0.25, 0.3) is 0 Å². The maximum absolute atomic E-state index is 12.0. The summed E-state index contributed by atoms with van der Waals surface area (Å²) in [4.78, 5) is 56.4. The molecule has 0 fully saturated rings. The first-order valence-corrected chi connectivity index (χ1v) is 11.1. The van der Waals surface area contributed by atoms with Gasteiger partial charge in [0.2, 0.25) is 6.29 Å². The Kier molecular flexibility index (Phi) is 14.9. The van der Waals surface area contributed by atoms with E-state index in [2.05, 4.69) is 15.6 Å². The third-order valence-electron chi connectivity index (χ3n) is 4.21. The predicted molar refractivity (Wildman–Crippen MR) is 127 cm³/mol. The molecule has 2 atom stereocenters. The molecule has 198 valence electrons. The predicted octanol–water partition coefficient (Wildman–Crippen LogP) is 0.347. The van der Waals surface area contributed by atoms with Gasteiger partial charge in [-0.05, 0) is 54.4 Å². The minimum Gasteiger partial charge on any atom is -0.463 e. The summed E-state index contributed by atoms with van der Waals surface area (Å²) in [6.07, 6.45) is -0.167. The van der Waals surface area contributed by atoms with Gasteiger partial charge in [0.25, 0.3) is 5.91 Å². The topological polar surface area (TPSA) is 188 Å². The van der Waals surface area contributed by atoms with Crippen LogP contribution in [0, 0.1) is 0 Å². The Bertz CT molecular complexity index is 804. The van der Waals surface area contributed by atoms with Crippen LogP contribution in [0.15, 0.2) is 10.2 Å². The first-order chi connectivity index (χ1) is 16.2. The quantitative estimate of drug-likeness (QED) is 0.0884. The minimum absolute atomic E-state index is 0.0125. The first kappa shape index (κ1) is 31.8. The highest BCUT2D eigenvalue weighted by atomic mass is 16.6. The molecule has 0 rings (SSSR count). The molecule has 0 saturated carbocycles. The summed E-state index contributed by atoms with van der Waals surface area (Å²) in [5.74, 6) is -2.23. The van der Waals surface area contributed by atoms with Gasteiger partial charge in [0.15, 0.2) is 0 Å². The van der Waals surface area contributed by atoms with Crippen LogP contribution in [-0.4, -0.2) is 72.4 Å². The second-order valence-electron chi connectivity index (χ2n) is 8.58. The molecule has 0 spiro atoms. The monoisotopic (exact) mass is 499 g/mol. The molecule has 0 aliphatic heterocycles. The Balaban J connectivity index is 4.12. The van der Waals surface area contributed by atoms with Crippen LogP contribution in [-0.2, 0) is 38.2 Å². The number of nitrogens with two attached hydrogens (primary N) is 1. The third-order valence-corrected chi connectivity index (χ3v) is 4.21. The summed E-state index contributed by atoms with van der Waals surface area (Å²) >= 11 is 0. The number of aldehydes is 1. The fourth-order valence-electron chi connectivity index (χ4n) is 2.09. The van der Waals surface area contributed by atoms with Gasteiger partial charge in [-0.2, -0.15) is 10.2 Å². The second-order valence-corrected chi connectivity index (χ2v) is 8.58. The van der Waals surface area contributed by atoms with Gasteiger partial charge in [0.1, 0.15) is 12.7 Å². The SMILES string of the molecule is C/C(CCC(=O)OCC(C)OCC(C)OC(=O)CC/C(C)=N/NC(=O)C(C)(C)N)=N\NC(=O)C=O. The molecular weight excluding hydrogens is 462 g/mol. The Morgan fingerprint density at radius 3 is 1.97 bits per heavy atom. The van der Waals surface area contributed by atoms with E-state index in [4.69, 9.17) is 19.9 Å². The van der Waals surface area contributed by atoms with Crippen molar-refractivity contribution in [3.63, 3.8) is 0 Å². The lowest BCUT2D eigenvalue weighted by molar-refractivity contribution is -0.154. The zero-order chi connectivity index (χ0) is 27.0. The lowest BCUT2D eigenvalue weighted by Gasteiger charge is -2.18. The van der Waals surface area contributed by atoms with Crippen molar-refractivity contribution in [1.29, 1.82) is 0 Å². The number of rotatable bonds is 16. The van der Waals surface area contributed by atoms with Crippen LogP contribution in [0.5, 0.6) is 0 Å². The van der Waals surface area contributed by atoms with Crippen molar-refractivity contribution in [1.82, 2.24) is 10.9 Å². The van der Waals surface area contributed by atoms with Gasteiger partial charge < -0.3 is 19.9 Å². The standard InChI is InChI=1S/C22H37N5O8/c1-14(24-26-18(29)11-28)7-9-19(30)34-12-16(3)33-13-17(4)35-20(31)10-8-15(2)25-27-21(32)22(5,6)23/h11,16-17H,7-10,12-13,23H2,1-6H3,(H,26,29)(H,27,32)/b24-14+,25-15+. The third kappa shape index (κ3) is 17.0. The van der Waals surface area contributed by atoms with E-state index >= 15 is 0 Å². The van der Waals surface area contributed by atoms with Crippen LogP contribution in [0.4, 0.5) is 0 Å². The molecular formula is C22H37N5O8. The molecule has 0 aliphatic carbocycles. The Hall–Kier alpha value is -3.19. The van der Waals surface area contributed by atoms with Crippen LogP contribution >= 0.6 is 0 Å². The zero-order valence-corrected chi connectivity index (χ0v) is 21.2. The van der Waals surface area contributed by atoms with Crippen molar-refractivity contribution in [3.8, 4) is 0 Å². The molecule has 0 aliphatic rings. The number of carbonyl (C=O) groups is 5. The maximum atomic E-state index is 12.0. The molecule has 0 heterocycles. The largest absolute Gasteiger partial charge is 0.463 e. The molecule has 35 heavy (non-hydrogen) atoms. The number of nitrogens with zero attached hydrogens (tertiary/aromatic N) is 2. The molecule has 4 N–H and O–H groups in total. The van der Waals surface area contributed by atoms with E-state index in [1.54, 1.807) is 41.5 Å². The summed E-state index contributed by atoms with van der Waals surface area (Å²) in [5.41, 5.74) is 9.98. The van der Waals surface area contributed by atoms with E-state index in [0.717, 1.165) is 0 Å². The molecule has 2 amide bonds. The van der Waals surface area contributed by atoms with Gasteiger partial charge in [0, 0.05) is 11.4 Å². The number of hydrogen-bond donors (Lipinski definition) is 3. The first-order valence-electron chi connectivity index (χ1n) is 11.1. The van der Waals surface area contributed by atoms with Gasteiger partial charge in [-0.1, -0.05) is 0 Å². The lowest BCUT2D eigenvalue weighted by Crippen LogP contribution is -2.47. The molecule has 0 radical (unpaired) electrons. The van der Waals surface area contributed by atoms with E-state index in [9.17, 15) is 24.0 Å². The summed E-state index contributed by atoms with van der Waals surface area (Å²) in [6, 6.07) is 0. The highest BCUT2D eigenvalue weighted by Gasteiger charge is 2.21. The number of hydrogen-bond acceptors (Lipinski definition) is 11. The smallest absolute Gasteiger partial charge is 0.306 e. The molecule has 2 unspecified atom stereocenters. The number of nitrogens with one attached hydrogen (secondary N) is 2. The van der Waals surface area contributed by atoms with Gasteiger partial charge in [0.05, 0.1) is 31.1 Å². The Labute approximate surface area is 205 Å². The van der Waals surface area contributed by atoms with E-state index in [-0.39, 0.29) is 38.8 Å². The van der Waals surface area contributed by atoms with Crippen molar-refractivity contribution in [2.75, 3.05) is 13.2 Å². The zero-order valence-electron chi connectivity index (χ0n) is 21.2. The number of ether oxygens (including phenoxy) is 3. The lowest BCUT2D eigenvalue weighted by atomic mass is 10.1. The van der Waals surface area contributed by atoms with Crippen LogP contribution in [0.1, 0.15) is 67.2 Å². The van der Waals surface area contributed by atoms with E-state index < -0.39 is 41.5 Å². The molecule has 13 heteroatoms. The fraction of sp³-hybridized carbons (Fsp3) is 0.682. The van der Waals surface area contributed by atoms with E-state index in [0.29, 0.717) is 17.8 Å². The summed E-state index contributed by atoms with van der Waals surface area (Å²) < 4.78 is 15.9. The normalized spacial score (nSPS) is 13.9. The van der Waals surface area contributed by atoms with Crippen molar-refractivity contribution in [2.24, 2.45) is 15.9 Å². The van der Waals surface area contributed by atoms with Crippen molar-refractivity contribution in [2.45, 2.75) is 85.0 Å².